The molecule has 0 spiro atoms. The van der Waals surface area contributed by atoms with Crippen LogP contribution in [0.5, 0.6) is 0 Å². The second-order valence-corrected chi connectivity index (χ2v) is 3.00. The Morgan fingerprint density at radius 1 is 1.31 bits per heavy atom. The van der Waals surface area contributed by atoms with Crippen LogP contribution in [0.25, 0.3) is 0 Å². The maximum absolute atomic E-state index is 5.48. The molecule has 0 bridgehead atoms. The zero-order valence-electron chi connectivity index (χ0n) is 8.12. The van der Waals surface area contributed by atoms with E-state index >= 15 is 0 Å². The van der Waals surface area contributed by atoms with Crippen molar-refractivity contribution in [3.8, 4) is 0 Å². The van der Waals surface area contributed by atoms with Crippen LogP contribution < -0.4 is 5.73 Å². The third kappa shape index (κ3) is 3.57. The van der Waals surface area contributed by atoms with Crippen LogP contribution >= 0.6 is 0 Å². The topological polar surface area (TPSA) is 35.2 Å². The van der Waals surface area contributed by atoms with Gasteiger partial charge in [0, 0.05) is 6.61 Å². The van der Waals surface area contributed by atoms with E-state index in [0.717, 1.165) is 13.0 Å². The molecule has 1 aromatic carbocycles. The van der Waals surface area contributed by atoms with Crippen LogP contribution in [0, 0.1) is 0 Å². The lowest BCUT2D eigenvalue weighted by molar-refractivity contribution is 0.134. The van der Waals surface area contributed by atoms with E-state index < -0.39 is 0 Å². The van der Waals surface area contributed by atoms with E-state index in [1.54, 1.807) is 0 Å². The first-order chi connectivity index (χ1) is 6.36. The van der Waals surface area contributed by atoms with E-state index in [4.69, 9.17) is 10.5 Å². The first-order valence-corrected chi connectivity index (χ1v) is 4.72. The molecule has 0 aromatic heterocycles. The lowest BCUT2D eigenvalue weighted by Crippen LogP contribution is -2.03. The van der Waals surface area contributed by atoms with E-state index in [1.807, 2.05) is 6.92 Å². The zero-order valence-corrected chi connectivity index (χ0v) is 8.12. The summed E-state index contributed by atoms with van der Waals surface area (Å²) in [4.78, 5) is 0. The van der Waals surface area contributed by atoms with Gasteiger partial charge in [-0.05, 0) is 31.0 Å². The SMILES string of the molecule is CCOCc1cccc(CCN)c1. The van der Waals surface area contributed by atoms with Crippen LogP contribution in [0.2, 0.25) is 0 Å². The van der Waals surface area contributed by atoms with Gasteiger partial charge in [0.05, 0.1) is 6.61 Å². The summed E-state index contributed by atoms with van der Waals surface area (Å²) in [6.07, 6.45) is 0.944. The fourth-order valence-electron chi connectivity index (χ4n) is 1.26. The standard InChI is InChI=1S/C11H17NO/c1-2-13-9-11-5-3-4-10(8-11)6-7-12/h3-5,8H,2,6-7,9,12H2,1H3. The Bertz CT molecular complexity index is 248. The average molecular weight is 179 g/mol. The molecule has 1 aromatic rings. The van der Waals surface area contributed by atoms with Gasteiger partial charge in [-0.25, -0.2) is 0 Å². The van der Waals surface area contributed by atoms with Gasteiger partial charge in [0.1, 0.15) is 0 Å². The molecule has 0 unspecified atom stereocenters. The van der Waals surface area contributed by atoms with Crippen LogP contribution in [0.15, 0.2) is 24.3 Å². The first kappa shape index (κ1) is 10.2. The fraction of sp³-hybridized carbons (Fsp3) is 0.455. The van der Waals surface area contributed by atoms with Crippen LogP contribution in [0.3, 0.4) is 0 Å². The summed E-state index contributed by atoms with van der Waals surface area (Å²) in [5, 5.41) is 0. The van der Waals surface area contributed by atoms with Gasteiger partial charge in [-0.3, -0.25) is 0 Å². The van der Waals surface area contributed by atoms with Gasteiger partial charge in [-0.15, -0.1) is 0 Å². The van der Waals surface area contributed by atoms with Gasteiger partial charge in [-0.1, -0.05) is 24.3 Å². The van der Waals surface area contributed by atoms with Gasteiger partial charge in [0.25, 0.3) is 0 Å². The maximum Gasteiger partial charge on any atom is 0.0716 e. The van der Waals surface area contributed by atoms with Crippen LogP contribution in [0.1, 0.15) is 18.1 Å². The molecule has 0 heterocycles. The summed E-state index contributed by atoms with van der Waals surface area (Å²) in [6, 6.07) is 8.39. The molecule has 0 radical (unpaired) electrons. The van der Waals surface area contributed by atoms with Crippen molar-refractivity contribution >= 4 is 0 Å². The molecule has 0 atom stereocenters. The lowest BCUT2D eigenvalue weighted by Gasteiger charge is -2.04. The van der Waals surface area contributed by atoms with E-state index in [1.165, 1.54) is 11.1 Å². The van der Waals surface area contributed by atoms with Crippen molar-refractivity contribution in [3.63, 3.8) is 0 Å². The molecule has 13 heavy (non-hydrogen) atoms. The number of hydrogen-bond donors (Lipinski definition) is 1. The molecule has 0 amide bonds. The van der Waals surface area contributed by atoms with Crippen molar-refractivity contribution < 1.29 is 4.74 Å². The highest BCUT2D eigenvalue weighted by Gasteiger charge is 1.94. The lowest BCUT2D eigenvalue weighted by atomic mass is 10.1. The summed E-state index contributed by atoms with van der Waals surface area (Å²) < 4.78 is 5.32. The van der Waals surface area contributed by atoms with Gasteiger partial charge in [0.2, 0.25) is 0 Å². The van der Waals surface area contributed by atoms with Gasteiger partial charge in [0.15, 0.2) is 0 Å². The molecule has 0 aliphatic carbocycles. The molecule has 0 aliphatic rings. The Kier molecular flexibility index (Phi) is 4.50. The predicted octanol–water partition coefficient (Wildman–Crippen LogP) is 1.72. The molecule has 0 aliphatic heterocycles. The van der Waals surface area contributed by atoms with Crippen molar-refractivity contribution in [2.24, 2.45) is 5.73 Å². The minimum atomic E-state index is 0.703. The normalized spacial score (nSPS) is 10.3. The van der Waals surface area contributed by atoms with Crippen molar-refractivity contribution in [1.29, 1.82) is 0 Å². The van der Waals surface area contributed by atoms with Gasteiger partial charge < -0.3 is 10.5 Å². The average Bonchev–Trinajstić information content (AvgIpc) is 2.16. The van der Waals surface area contributed by atoms with E-state index in [0.29, 0.717) is 13.2 Å². The molecule has 2 nitrogen and oxygen atoms in total. The highest BCUT2D eigenvalue weighted by Crippen LogP contribution is 2.06. The summed E-state index contributed by atoms with van der Waals surface area (Å²) >= 11 is 0. The number of rotatable bonds is 5. The second-order valence-electron chi connectivity index (χ2n) is 3.00. The van der Waals surface area contributed by atoms with Gasteiger partial charge >= 0.3 is 0 Å². The summed E-state index contributed by atoms with van der Waals surface area (Å²) in [7, 11) is 0. The Hall–Kier alpha value is -0.860. The minimum Gasteiger partial charge on any atom is -0.377 e. The van der Waals surface area contributed by atoms with Crippen molar-refractivity contribution in [3.05, 3.63) is 35.4 Å². The van der Waals surface area contributed by atoms with E-state index in [2.05, 4.69) is 24.3 Å². The highest BCUT2D eigenvalue weighted by atomic mass is 16.5. The molecular weight excluding hydrogens is 162 g/mol. The Morgan fingerprint density at radius 3 is 2.77 bits per heavy atom. The maximum atomic E-state index is 5.48. The van der Waals surface area contributed by atoms with Crippen LogP contribution in [-0.2, 0) is 17.8 Å². The molecule has 1 rings (SSSR count). The quantitative estimate of drug-likeness (QED) is 0.747. The Morgan fingerprint density at radius 2 is 2.08 bits per heavy atom. The second kappa shape index (κ2) is 5.73. The fourth-order valence-corrected chi connectivity index (χ4v) is 1.26. The van der Waals surface area contributed by atoms with Crippen LogP contribution in [0.4, 0.5) is 0 Å². The largest absolute Gasteiger partial charge is 0.377 e. The molecule has 0 fully saturated rings. The molecule has 2 N–H and O–H groups in total. The summed E-state index contributed by atoms with van der Waals surface area (Å²) in [5.74, 6) is 0. The summed E-state index contributed by atoms with van der Waals surface area (Å²) in [5.41, 5.74) is 8.00. The van der Waals surface area contributed by atoms with Gasteiger partial charge in [-0.2, -0.15) is 0 Å². The molecule has 0 saturated heterocycles. The first-order valence-electron chi connectivity index (χ1n) is 4.72. The highest BCUT2D eigenvalue weighted by molar-refractivity contribution is 5.23. The monoisotopic (exact) mass is 179 g/mol. The molecule has 72 valence electrons. The van der Waals surface area contributed by atoms with Crippen molar-refractivity contribution in [1.82, 2.24) is 0 Å². The van der Waals surface area contributed by atoms with Crippen molar-refractivity contribution in [2.75, 3.05) is 13.2 Å². The van der Waals surface area contributed by atoms with E-state index in [9.17, 15) is 0 Å². The molecule has 2 heteroatoms. The zero-order chi connectivity index (χ0) is 9.52. The molecular formula is C11H17NO. The Labute approximate surface area is 79.7 Å². The smallest absolute Gasteiger partial charge is 0.0716 e. The predicted molar refractivity (Wildman–Crippen MR) is 54.5 cm³/mol. The number of nitrogens with two attached hydrogens (primary N) is 1. The van der Waals surface area contributed by atoms with E-state index in [-0.39, 0.29) is 0 Å². The third-order valence-electron chi connectivity index (χ3n) is 1.90. The van der Waals surface area contributed by atoms with Crippen molar-refractivity contribution in [2.45, 2.75) is 20.0 Å². The number of hydrogen-bond acceptors (Lipinski definition) is 2. The summed E-state index contributed by atoms with van der Waals surface area (Å²) in [6.45, 7) is 4.18. The van der Waals surface area contributed by atoms with Crippen LogP contribution in [-0.4, -0.2) is 13.2 Å². The Balaban J connectivity index is 2.56. The number of benzene rings is 1. The third-order valence-corrected chi connectivity index (χ3v) is 1.90. The molecule has 0 saturated carbocycles. The minimum absolute atomic E-state index is 0.703. The number of ether oxygens (including phenoxy) is 1.